The minimum atomic E-state index is -4.69. The van der Waals surface area contributed by atoms with Gasteiger partial charge in [-0.05, 0) is 35.9 Å². The highest BCUT2D eigenvalue weighted by Gasteiger charge is 2.47. The molecule has 0 spiro atoms. The number of hydrogen-bond acceptors (Lipinski definition) is 5. The average Bonchev–Trinajstić information content (AvgIpc) is 3.26. The summed E-state index contributed by atoms with van der Waals surface area (Å²) < 4.78 is 91.7. The van der Waals surface area contributed by atoms with E-state index in [1.54, 1.807) is 18.2 Å². The lowest BCUT2D eigenvalue weighted by molar-refractivity contribution is -0.173. The summed E-state index contributed by atoms with van der Waals surface area (Å²) in [4.78, 5) is 12.6. The van der Waals surface area contributed by atoms with Crippen molar-refractivity contribution in [3.05, 3.63) is 65.4 Å². The van der Waals surface area contributed by atoms with Gasteiger partial charge < -0.3 is 20.1 Å². The summed E-state index contributed by atoms with van der Waals surface area (Å²) in [6.45, 7) is 0. The van der Waals surface area contributed by atoms with Gasteiger partial charge in [-0.1, -0.05) is 12.1 Å². The van der Waals surface area contributed by atoms with Crippen LogP contribution < -0.4 is 20.1 Å². The van der Waals surface area contributed by atoms with E-state index in [0.717, 1.165) is 24.3 Å². The summed E-state index contributed by atoms with van der Waals surface area (Å²) in [5, 5.41) is 9.01. The van der Waals surface area contributed by atoms with Gasteiger partial charge in [0.25, 0.3) is 5.91 Å². The molecule has 2 heterocycles. The Morgan fingerprint density at radius 2 is 1.75 bits per heavy atom. The fourth-order valence-electron chi connectivity index (χ4n) is 3.94. The SMILES string of the molecule is COc1ccc([C@@H]2C[C@@H](C(F)(F)F)n3nc(C(=O)Nc4cccc(C(F)(F)F)c4)cc3N2)cc1OC. The Balaban J connectivity index is 1.63. The van der Waals surface area contributed by atoms with Crippen molar-refractivity contribution in [2.75, 3.05) is 24.9 Å². The van der Waals surface area contributed by atoms with Crippen molar-refractivity contribution in [1.82, 2.24) is 9.78 Å². The smallest absolute Gasteiger partial charge is 0.416 e. The zero-order valence-electron chi connectivity index (χ0n) is 18.9. The third kappa shape index (κ3) is 5.04. The quantitative estimate of drug-likeness (QED) is 0.419. The van der Waals surface area contributed by atoms with Gasteiger partial charge in [-0.15, -0.1) is 0 Å². The van der Waals surface area contributed by atoms with Crippen molar-refractivity contribution < 1.29 is 40.6 Å². The lowest BCUT2D eigenvalue weighted by atomic mass is 9.96. The standard InChI is InChI=1S/C23H20F6N4O3/c1-35-17-7-6-12(8-18(17)36-2)15-10-19(23(27,28)29)33-20(31-15)11-16(32-33)21(34)30-14-5-3-4-13(9-14)22(24,25)26/h3-9,11,15,19,31H,10H2,1-2H3,(H,30,34)/t15-,19-/m0/s1. The number of carbonyl (C=O) groups is 1. The van der Waals surface area contributed by atoms with E-state index in [4.69, 9.17) is 9.47 Å². The molecule has 4 rings (SSSR count). The molecule has 2 atom stereocenters. The number of anilines is 2. The Labute approximate surface area is 201 Å². The Kier molecular flexibility index (Phi) is 6.50. The summed E-state index contributed by atoms with van der Waals surface area (Å²) in [5.41, 5.74) is -1.06. The van der Waals surface area contributed by atoms with Crippen molar-refractivity contribution in [2.45, 2.75) is 30.9 Å². The third-order valence-corrected chi connectivity index (χ3v) is 5.68. The first-order valence-corrected chi connectivity index (χ1v) is 10.5. The minimum absolute atomic E-state index is 0.0717. The van der Waals surface area contributed by atoms with Gasteiger partial charge in [-0.3, -0.25) is 4.79 Å². The molecule has 1 aliphatic heterocycles. The van der Waals surface area contributed by atoms with Crippen molar-refractivity contribution in [2.24, 2.45) is 0 Å². The van der Waals surface area contributed by atoms with Crippen LogP contribution in [0.3, 0.4) is 0 Å². The van der Waals surface area contributed by atoms with Gasteiger partial charge in [-0.2, -0.15) is 31.4 Å². The van der Waals surface area contributed by atoms with Gasteiger partial charge in [0.05, 0.1) is 25.8 Å². The number of amides is 1. The lowest BCUT2D eigenvalue weighted by Crippen LogP contribution is -2.35. The zero-order chi connectivity index (χ0) is 26.3. The molecular formula is C23H20F6N4O3. The van der Waals surface area contributed by atoms with E-state index >= 15 is 0 Å². The van der Waals surface area contributed by atoms with Gasteiger partial charge in [0.1, 0.15) is 5.82 Å². The highest BCUT2D eigenvalue weighted by atomic mass is 19.4. The number of carbonyl (C=O) groups excluding carboxylic acids is 1. The van der Waals surface area contributed by atoms with E-state index in [9.17, 15) is 31.1 Å². The Morgan fingerprint density at radius 1 is 1.03 bits per heavy atom. The van der Waals surface area contributed by atoms with E-state index in [1.165, 1.54) is 20.3 Å². The van der Waals surface area contributed by atoms with Crippen molar-refractivity contribution >= 4 is 17.4 Å². The van der Waals surface area contributed by atoms with Crippen LogP contribution in [-0.2, 0) is 6.18 Å². The van der Waals surface area contributed by atoms with E-state index in [2.05, 4.69) is 15.7 Å². The maximum atomic E-state index is 13.9. The van der Waals surface area contributed by atoms with Gasteiger partial charge >= 0.3 is 12.4 Å². The van der Waals surface area contributed by atoms with E-state index in [1.807, 2.05) is 0 Å². The number of methoxy groups -OCH3 is 2. The van der Waals surface area contributed by atoms with Crippen LogP contribution in [-0.4, -0.2) is 36.1 Å². The number of halogens is 6. The number of benzene rings is 2. The Hall–Kier alpha value is -3.90. The molecule has 192 valence electrons. The maximum absolute atomic E-state index is 13.9. The van der Waals surface area contributed by atoms with E-state index in [-0.39, 0.29) is 11.5 Å². The molecule has 1 aliphatic rings. The molecule has 7 nitrogen and oxygen atoms in total. The highest BCUT2D eigenvalue weighted by molar-refractivity contribution is 6.03. The predicted molar refractivity (Wildman–Crippen MR) is 117 cm³/mol. The van der Waals surface area contributed by atoms with Gasteiger partial charge in [-0.25, -0.2) is 4.68 Å². The fraction of sp³-hybridized carbons (Fsp3) is 0.304. The number of ether oxygens (including phenoxy) is 2. The number of fused-ring (bicyclic) bond motifs is 1. The molecule has 3 aromatic rings. The molecule has 0 radical (unpaired) electrons. The molecule has 0 saturated heterocycles. The third-order valence-electron chi connectivity index (χ3n) is 5.68. The number of aromatic nitrogens is 2. The number of rotatable bonds is 5. The number of alkyl halides is 6. The Bertz CT molecular complexity index is 1270. The molecule has 0 unspecified atom stereocenters. The maximum Gasteiger partial charge on any atom is 0.416 e. The Morgan fingerprint density at radius 3 is 2.39 bits per heavy atom. The predicted octanol–water partition coefficient (Wildman–Crippen LogP) is 5.83. The molecule has 0 fully saturated rings. The topological polar surface area (TPSA) is 77.4 Å². The first-order valence-electron chi connectivity index (χ1n) is 10.5. The largest absolute Gasteiger partial charge is 0.493 e. The van der Waals surface area contributed by atoms with Crippen LogP contribution in [0.4, 0.5) is 37.8 Å². The van der Waals surface area contributed by atoms with Crippen LogP contribution >= 0.6 is 0 Å². The van der Waals surface area contributed by atoms with Crippen LogP contribution in [0.15, 0.2) is 48.5 Å². The summed E-state index contributed by atoms with van der Waals surface area (Å²) in [5.74, 6) is -0.289. The van der Waals surface area contributed by atoms with Crippen LogP contribution in [0, 0.1) is 0 Å². The summed E-state index contributed by atoms with van der Waals surface area (Å²) in [6, 6.07) is 6.86. The molecule has 1 amide bonds. The fourth-order valence-corrected chi connectivity index (χ4v) is 3.94. The van der Waals surface area contributed by atoms with Crippen LogP contribution in [0.5, 0.6) is 11.5 Å². The summed E-state index contributed by atoms with van der Waals surface area (Å²) in [7, 11) is 2.83. The second-order valence-corrected chi connectivity index (χ2v) is 8.00. The van der Waals surface area contributed by atoms with Crippen molar-refractivity contribution in [3.8, 4) is 11.5 Å². The van der Waals surface area contributed by atoms with Crippen LogP contribution in [0.25, 0.3) is 0 Å². The number of nitrogens with zero attached hydrogens (tertiary/aromatic N) is 2. The van der Waals surface area contributed by atoms with Gasteiger partial charge in [0, 0.05) is 18.2 Å². The minimum Gasteiger partial charge on any atom is -0.493 e. The molecule has 2 N–H and O–H groups in total. The molecule has 2 aromatic carbocycles. The number of nitrogens with one attached hydrogen (secondary N) is 2. The van der Waals surface area contributed by atoms with Gasteiger partial charge in [0.15, 0.2) is 23.2 Å². The first kappa shape index (κ1) is 25.2. The zero-order valence-corrected chi connectivity index (χ0v) is 18.9. The van der Waals surface area contributed by atoms with Crippen LogP contribution in [0.1, 0.15) is 40.1 Å². The van der Waals surface area contributed by atoms with E-state index in [0.29, 0.717) is 21.7 Å². The molecule has 0 bridgehead atoms. The average molecular weight is 514 g/mol. The van der Waals surface area contributed by atoms with E-state index < -0.39 is 48.0 Å². The molecule has 13 heteroatoms. The molecule has 36 heavy (non-hydrogen) atoms. The second-order valence-electron chi connectivity index (χ2n) is 8.00. The highest BCUT2D eigenvalue weighted by Crippen LogP contribution is 2.44. The molecular weight excluding hydrogens is 494 g/mol. The molecule has 0 aliphatic carbocycles. The van der Waals surface area contributed by atoms with Crippen molar-refractivity contribution in [1.29, 1.82) is 0 Å². The monoisotopic (exact) mass is 514 g/mol. The van der Waals surface area contributed by atoms with Crippen LogP contribution in [0.2, 0.25) is 0 Å². The number of hydrogen-bond donors (Lipinski definition) is 2. The van der Waals surface area contributed by atoms with Gasteiger partial charge in [0.2, 0.25) is 0 Å². The second kappa shape index (κ2) is 9.28. The molecule has 0 saturated carbocycles. The van der Waals surface area contributed by atoms with Crippen molar-refractivity contribution in [3.63, 3.8) is 0 Å². The summed E-state index contributed by atoms with van der Waals surface area (Å²) >= 11 is 0. The first-order chi connectivity index (χ1) is 16.9. The molecule has 1 aromatic heterocycles. The lowest BCUT2D eigenvalue weighted by Gasteiger charge is -2.33. The summed E-state index contributed by atoms with van der Waals surface area (Å²) in [6.07, 6.45) is -9.74. The normalized spacial score (nSPS) is 17.7.